The molecule has 1 aromatic carbocycles. The van der Waals surface area contributed by atoms with Crippen molar-refractivity contribution >= 4 is 28.6 Å². The van der Waals surface area contributed by atoms with E-state index in [9.17, 15) is 0 Å². The molecule has 0 radical (unpaired) electrons. The first-order valence-corrected chi connectivity index (χ1v) is 5.48. The molecular formula is C12H13ClN2O. The van der Waals surface area contributed by atoms with Crippen LogP contribution in [0.2, 0.25) is 0 Å². The van der Waals surface area contributed by atoms with Gasteiger partial charge in [-0.3, -0.25) is 0 Å². The molecule has 0 aliphatic carbocycles. The standard InChI is InChI=1S/C12H13ClN2O/c1-3-16-12(14-13)11-8-9-6-4-5-7-10(9)15(11)2/h4-8H,3H2,1-2H3. The minimum Gasteiger partial charge on any atom is -0.476 e. The highest BCUT2D eigenvalue weighted by atomic mass is 35.5. The molecule has 4 heteroatoms. The molecule has 2 aromatic rings. The van der Waals surface area contributed by atoms with Crippen molar-refractivity contribution in [3.05, 3.63) is 36.0 Å². The Bertz CT molecular complexity index is 531. The molecule has 0 fully saturated rings. The summed E-state index contributed by atoms with van der Waals surface area (Å²) in [5.74, 6) is 0.461. The van der Waals surface area contributed by atoms with E-state index in [0.717, 1.165) is 16.6 Å². The Morgan fingerprint density at radius 3 is 2.81 bits per heavy atom. The largest absolute Gasteiger partial charge is 0.476 e. The topological polar surface area (TPSA) is 26.5 Å². The Hall–Kier alpha value is -1.48. The lowest BCUT2D eigenvalue weighted by molar-refractivity contribution is 0.327. The van der Waals surface area contributed by atoms with Crippen molar-refractivity contribution in [3.63, 3.8) is 0 Å². The van der Waals surface area contributed by atoms with E-state index in [4.69, 9.17) is 16.5 Å². The number of rotatable bonds is 2. The fourth-order valence-corrected chi connectivity index (χ4v) is 1.91. The molecule has 1 aromatic heterocycles. The molecule has 0 amide bonds. The first-order valence-electron chi connectivity index (χ1n) is 5.14. The third kappa shape index (κ3) is 1.78. The maximum absolute atomic E-state index is 5.53. The van der Waals surface area contributed by atoms with E-state index < -0.39 is 0 Å². The second-order valence-corrected chi connectivity index (χ2v) is 3.64. The highest BCUT2D eigenvalue weighted by molar-refractivity contribution is 6.21. The van der Waals surface area contributed by atoms with Crippen molar-refractivity contribution < 1.29 is 4.74 Å². The van der Waals surface area contributed by atoms with Gasteiger partial charge in [0, 0.05) is 29.7 Å². The van der Waals surface area contributed by atoms with E-state index in [2.05, 4.69) is 16.6 Å². The molecule has 0 bridgehead atoms. The van der Waals surface area contributed by atoms with Crippen LogP contribution in [0.3, 0.4) is 0 Å². The van der Waals surface area contributed by atoms with Crippen LogP contribution in [-0.4, -0.2) is 17.1 Å². The molecule has 0 spiro atoms. The van der Waals surface area contributed by atoms with Crippen LogP contribution in [-0.2, 0) is 11.8 Å². The number of halogens is 1. The molecule has 2 rings (SSSR count). The summed E-state index contributed by atoms with van der Waals surface area (Å²) < 4.78 is 11.1. The fourth-order valence-electron chi connectivity index (χ4n) is 1.77. The first-order chi connectivity index (χ1) is 7.77. The lowest BCUT2D eigenvalue weighted by Crippen LogP contribution is -2.10. The van der Waals surface area contributed by atoms with Crippen LogP contribution >= 0.6 is 11.8 Å². The van der Waals surface area contributed by atoms with Gasteiger partial charge in [0.05, 0.1) is 6.61 Å². The Labute approximate surface area is 99.4 Å². The minimum atomic E-state index is 0.461. The highest BCUT2D eigenvalue weighted by Crippen LogP contribution is 2.19. The number of aromatic nitrogens is 1. The zero-order chi connectivity index (χ0) is 11.5. The maximum atomic E-state index is 5.53. The molecule has 0 saturated carbocycles. The van der Waals surface area contributed by atoms with Gasteiger partial charge in [0.15, 0.2) is 0 Å². The van der Waals surface area contributed by atoms with Crippen LogP contribution in [0.4, 0.5) is 0 Å². The van der Waals surface area contributed by atoms with Crippen molar-refractivity contribution in [3.8, 4) is 0 Å². The number of hydrogen-bond acceptors (Lipinski definition) is 2. The molecule has 1 heterocycles. The Morgan fingerprint density at radius 2 is 2.19 bits per heavy atom. The van der Waals surface area contributed by atoms with E-state index >= 15 is 0 Å². The molecule has 0 aliphatic heterocycles. The maximum Gasteiger partial charge on any atom is 0.250 e. The lowest BCUT2D eigenvalue weighted by Gasteiger charge is -2.06. The van der Waals surface area contributed by atoms with Crippen LogP contribution in [0, 0.1) is 0 Å². The average molecular weight is 237 g/mol. The van der Waals surface area contributed by atoms with Crippen molar-refractivity contribution in [2.45, 2.75) is 6.92 Å². The number of ether oxygens (including phenoxy) is 1. The number of aryl methyl sites for hydroxylation is 1. The van der Waals surface area contributed by atoms with E-state index in [-0.39, 0.29) is 0 Å². The van der Waals surface area contributed by atoms with Gasteiger partial charge in [-0.25, -0.2) is 0 Å². The van der Waals surface area contributed by atoms with Crippen LogP contribution < -0.4 is 0 Å². The quantitative estimate of drug-likeness (QED) is 0.581. The normalized spacial score (nSPS) is 12.1. The average Bonchev–Trinajstić information content (AvgIpc) is 2.64. The number of fused-ring (bicyclic) bond motifs is 1. The zero-order valence-corrected chi connectivity index (χ0v) is 10.0. The second kappa shape index (κ2) is 4.58. The van der Waals surface area contributed by atoms with E-state index in [1.165, 1.54) is 0 Å². The van der Waals surface area contributed by atoms with E-state index in [1.807, 2.05) is 36.7 Å². The lowest BCUT2D eigenvalue weighted by atomic mass is 10.2. The van der Waals surface area contributed by atoms with Gasteiger partial charge in [-0.05, 0) is 19.1 Å². The van der Waals surface area contributed by atoms with Crippen LogP contribution in [0.15, 0.2) is 34.8 Å². The Balaban J connectivity index is 2.56. The molecule has 3 nitrogen and oxygen atoms in total. The van der Waals surface area contributed by atoms with Crippen LogP contribution in [0.1, 0.15) is 12.6 Å². The van der Waals surface area contributed by atoms with Gasteiger partial charge in [-0.15, -0.1) is 4.51 Å². The van der Waals surface area contributed by atoms with Crippen molar-refractivity contribution in [2.24, 2.45) is 11.6 Å². The van der Waals surface area contributed by atoms with Gasteiger partial charge in [0.1, 0.15) is 5.69 Å². The number of para-hydroxylation sites is 1. The number of hydrogen-bond donors (Lipinski definition) is 0. The van der Waals surface area contributed by atoms with Gasteiger partial charge >= 0.3 is 0 Å². The third-order valence-electron chi connectivity index (χ3n) is 2.53. The molecule has 0 unspecified atom stereocenters. The molecule has 0 N–H and O–H groups in total. The smallest absolute Gasteiger partial charge is 0.250 e. The van der Waals surface area contributed by atoms with Gasteiger partial charge in [0.2, 0.25) is 5.90 Å². The molecule has 84 valence electrons. The van der Waals surface area contributed by atoms with Crippen molar-refractivity contribution in [1.29, 1.82) is 0 Å². The van der Waals surface area contributed by atoms with E-state index in [0.29, 0.717) is 12.5 Å². The van der Waals surface area contributed by atoms with Crippen molar-refractivity contribution in [2.75, 3.05) is 6.61 Å². The summed E-state index contributed by atoms with van der Waals surface area (Å²) in [5, 5.41) is 1.15. The summed E-state index contributed by atoms with van der Waals surface area (Å²) in [6.07, 6.45) is 0. The fraction of sp³-hybridized carbons (Fsp3) is 0.250. The monoisotopic (exact) mass is 236 g/mol. The second-order valence-electron chi connectivity index (χ2n) is 3.47. The SMILES string of the molecule is CCOC(=NCl)c1cc2ccccc2n1C. The summed E-state index contributed by atoms with van der Waals surface area (Å²) in [4.78, 5) is 0. The summed E-state index contributed by atoms with van der Waals surface area (Å²) in [5.41, 5.74) is 2.02. The van der Waals surface area contributed by atoms with Gasteiger partial charge in [0.25, 0.3) is 0 Å². The zero-order valence-electron chi connectivity index (χ0n) is 9.27. The summed E-state index contributed by atoms with van der Waals surface area (Å²) in [6.45, 7) is 2.46. The molecule has 0 saturated heterocycles. The van der Waals surface area contributed by atoms with Gasteiger partial charge in [-0.2, -0.15) is 0 Å². The molecule has 0 aliphatic rings. The predicted octanol–water partition coefficient (Wildman–Crippen LogP) is 3.12. The Morgan fingerprint density at radius 1 is 1.44 bits per heavy atom. The minimum absolute atomic E-state index is 0.461. The number of benzene rings is 1. The summed E-state index contributed by atoms with van der Waals surface area (Å²) >= 11 is 5.53. The summed E-state index contributed by atoms with van der Waals surface area (Å²) in [7, 11) is 1.97. The Kier molecular flexibility index (Phi) is 3.15. The van der Waals surface area contributed by atoms with E-state index in [1.54, 1.807) is 0 Å². The predicted molar refractivity (Wildman–Crippen MR) is 66.9 cm³/mol. The molecule has 16 heavy (non-hydrogen) atoms. The molecular weight excluding hydrogens is 224 g/mol. The van der Waals surface area contributed by atoms with Crippen LogP contribution in [0.25, 0.3) is 10.9 Å². The molecule has 0 atom stereocenters. The highest BCUT2D eigenvalue weighted by Gasteiger charge is 2.11. The van der Waals surface area contributed by atoms with Crippen LogP contribution in [0.5, 0.6) is 0 Å². The summed E-state index contributed by atoms with van der Waals surface area (Å²) in [6, 6.07) is 10.1. The van der Waals surface area contributed by atoms with Gasteiger partial charge in [-0.1, -0.05) is 18.2 Å². The van der Waals surface area contributed by atoms with Gasteiger partial charge < -0.3 is 9.30 Å². The first kappa shape index (κ1) is 11.0. The number of nitrogens with zero attached hydrogens (tertiary/aromatic N) is 2. The van der Waals surface area contributed by atoms with Crippen molar-refractivity contribution in [1.82, 2.24) is 4.57 Å². The third-order valence-corrected chi connectivity index (χ3v) is 2.68.